The lowest BCUT2D eigenvalue weighted by molar-refractivity contribution is -0.144. The van der Waals surface area contributed by atoms with Gasteiger partial charge in [-0.3, -0.25) is 9.69 Å². The summed E-state index contributed by atoms with van der Waals surface area (Å²) in [5, 5.41) is 9.80. The molecular weight excluding hydrogens is 446 g/mol. The lowest BCUT2D eigenvalue weighted by atomic mass is 10.1. The predicted octanol–water partition coefficient (Wildman–Crippen LogP) is 4.60. The molecule has 0 spiro atoms. The Labute approximate surface area is 188 Å². The number of amides is 1. The van der Waals surface area contributed by atoms with Crippen molar-refractivity contribution in [2.75, 3.05) is 7.11 Å². The van der Waals surface area contributed by atoms with Crippen LogP contribution in [0.4, 0.5) is 0 Å². The maximum Gasteiger partial charge on any atom is 0.326 e. The average Bonchev–Trinajstić information content (AvgIpc) is 3.00. The van der Waals surface area contributed by atoms with Crippen LogP contribution in [0, 0.1) is 0 Å². The monoisotopic (exact) mass is 463 g/mol. The number of carbonyl (C=O) groups is 2. The Bertz CT molecular complexity index is 1040. The number of rotatable bonds is 7. The van der Waals surface area contributed by atoms with Crippen LogP contribution in [0.25, 0.3) is 6.08 Å². The van der Waals surface area contributed by atoms with E-state index in [9.17, 15) is 14.7 Å². The van der Waals surface area contributed by atoms with E-state index in [1.54, 1.807) is 30.3 Å². The number of methoxy groups -OCH3 is 1. The van der Waals surface area contributed by atoms with E-state index < -0.39 is 17.9 Å². The van der Waals surface area contributed by atoms with Crippen molar-refractivity contribution in [3.63, 3.8) is 0 Å². The Balaban J connectivity index is 1.79. The molecule has 1 amide bonds. The zero-order valence-corrected chi connectivity index (χ0v) is 18.5. The molecule has 1 N–H and O–H groups in total. The Morgan fingerprint density at radius 3 is 2.70 bits per heavy atom. The molecule has 1 saturated heterocycles. The van der Waals surface area contributed by atoms with Crippen LogP contribution in [-0.4, -0.2) is 39.4 Å². The van der Waals surface area contributed by atoms with Gasteiger partial charge in [0.2, 0.25) is 0 Å². The zero-order chi connectivity index (χ0) is 21.8. The van der Waals surface area contributed by atoms with Crippen LogP contribution in [0.5, 0.6) is 11.5 Å². The normalized spacial score (nSPS) is 16.1. The van der Waals surface area contributed by atoms with Crippen LogP contribution in [0.15, 0.2) is 47.4 Å². The highest BCUT2D eigenvalue weighted by Gasteiger charge is 2.38. The lowest BCUT2D eigenvalue weighted by Gasteiger charge is -2.18. The van der Waals surface area contributed by atoms with E-state index >= 15 is 0 Å². The Morgan fingerprint density at radius 2 is 2.03 bits per heavy atom. The van der Waals surface area contributed by atoms with Gasteiger partial charge in [-0.25, -0.2) is 4.79 Å². The number of hydrogen-bond donors (Lipinski definition) is 1. The number of nitrogens with zero attached hydrogens (tertiary/aromatic N) is 1. The molecule has 2 aromatic carbocycles. The smallest absolute Gasteiger partial charge is 0.326 e. The zero-order valence-electron chi connectivity index (χ0n) is 16.1. The van der Waals surface area contributed by atoms with Gasteiger partial charge in [0, 0.05) is 10.6 Å². The minimum absolute atomic E-state index is 0.216. The van der Waals surface area contributed by atoms with Crippen molar-refractivity contribution in [3.8, 4) is 11.5 Å². The van der Waals surface area contributed by atoms with Crippen LogP contribution in [0.3, 0.4) is 0 Å². The minimum Gasteiger partial charge on any atom is -0.493 e. The number of halogens is 1. The molecule has 30 heavy (non-hydrogen) atoms. The Hall–Kier alpha value is -2.55. The van der Waals surface area contributed by atoms with Gasteiger partial charge >= 0.3 is 5.97 Å². The molecule has 1 heterocycles. The van der Waals surface area contributed by atoms with E-state index in [0.29, 0.717) is 27.0 Å². The quantitative estimate of drug-likeness (QED) is 0.475. The van der Waals surface area contributed by atoms with Crippen molar-refractivity contribution in [3.05, 3.63) is 63.5 Å². The summed E-state index contributed by atoms with van der Waals surface area (Å²) in [4.78, 5) is 25.3. The highest BCUT2D eigenvalue weighted by Crippen LogP contribution is 2.36. The standard InChI is InChI=1S/C21H18ClNO5S2/c1-12(20(25)26)23-19(24)18(30-21(23)29)10-13-7-8-16(17(9-13)27-2)28-11-14-5-3-4-6-15(14)22/h3-10,12H,11H2,1-2H3,(H,25,26)/b18-10-/t12-/m1/s1. The number of benzene rings is 2. The van der Waals surface area contributed by atoms with Crippen LogP contribution in [0.2, 0.25) is 5.02 Å². The first kappa shape index (κ1) is 22.1. The third-order valence-electron chi connectivity index (χ3n) is 4.39. The molecule has 0 radical (unpaired) electrons. The molecule has 1 fully saturated rings. The second-order valence-corrected chi connectivity index (χ2v) is 8.44. The topological polar surface area (TPSA) is 76.1 Å². The van der Waals surface area contributed by atoms with Gasteiger partial charge in [0.25, 0.3) is 5.91 Å². The van der Waals surface area contributed by atoms with Crippen LogP contribution < -0.4 is 9.47 Å². The summed E-state index contributed by atoms with van der Waals surface area (Å²) in [6, 6.07) is 11.6. The predicted molar refractivity (Wildman–Crippen MR) is 121 cm³/mol. The number of carbonyl (C=O) groups excluding carboxylic acids is 1. The minimum atomic E-state index is -1.12. The third kappa shape index (κ3) is 4.77. The molecule has 1 atom stereocenters. The maximum absolute atomic E-state index is 12.6. The third-order valence-corrected chi connectivity index (χ3v) is 6.09. The van der Waals surface area contributed by atoms with Gasteiger partial charge in [0.05, 0.1) is 12.0 Å². The van der Waals surface area contributed by atoms with Crippen molar-refractivity contribution >= 4 is 57.9 Å². The van der Waals surface area contributed by atoms with E-state index in [1.165, 1.54) is 14.0 Å². The first-order chi connectivity index (χ1) is 14.3. The lowest BCUT2D eigenvalue weighted by Crippen LogP contribution is -2.41. The van der Waals surface area contributed by atoms with Gasteiger partial charge in [-0.1, -0.05) is 59.8 Å². The van der Waals surface area contributed by atoms with E-state index in [0.717, 1.165) is 22.2 Å². The molecule has 0 aliphatic carbocycles. The molecule has 0 unspecified atom stereocenters. The Kier molecular flexibility index (Phi) is 7.02. The van der Waals surface area contributed by atoms with E-state index in [4.69, 9.17) is 33.3 Å². The number of aliphatic carboxylic acids is 1. The second-order valence-electron chi connectivity index (χ2n) is 6.36. The van der Waals surface area contributed by atoms with Gasteiger partial charge in [0.1, 0.15) is 17.0 Å². The fourth-order valence-electron chi connectivity index (χ4n) is 2.74. The number of thiocarbonyl (C=S) groups is 1. The first-order valence-corrected chi connectivity index (χ1v) is 10.5. The van der Waals surface area contributed by atoms with Crippen LogP contribution >= 0.6 is 35.6 Å². The van der Waals surface area contributed by atoms with E-state index in [-0.39, 0.29) is 10.9 Å². The highest BCUT2D eigenvalue weighted by molar-refractivity contribution is 8.26. The summed E-state index contributed by atoms with van der Waals surface area (Å²) in [6.45, 7) is 1.70. The van der Waals surface area contributed by atoms with Crippen LogP contribution in [-0.2, 0) is 16.2 Å². The number of thioether (sulfide) groups is 1. The van der Waals surface area contributed by atoms with E-state index in [2.05, 4.69) is 0 Å². The largest absolute Gasteiger partial charge is 0.493 e. The molecule has 9 heteroatoms. The highest BCUT2D eigenvalue weighted by atomic mass is 35.5. The summed E-state index contributed by atoms with van der Waals surface area (Å²) in [5.41, 5.74) is 1.54. The summed E-state index contributed by atoms with van der Waals surface area (Å²) in [5.74, 6) is -0.529. The summed E-state index contributed by atoms with van der Waals surface area (Å²) < 4.78 is 11.5. The average molecular weight is 464 g/mol. The van der Waals surface area contributed by atoms with Gasteiger partial charge in [-0.05, 0) is 36.8 Å². The van der Waals surface area contributed by atoms with Gasteiger partial charge in [-0.2, -0.15) is 0 Å². The molecule has 3 rings (SSSR count). The molecule has 0 aromatic heterocycles. The van der Waals surface area contributed by atoms with Crippen molar-refractivity contribution in [2.24, 2.45) is 0 Å². The van der Waals surface area contributed by atoms with Crippen molar-refractivity contribution in [1.82, 2.24) is 4.90 Å². The van der Waals surface area contributed by atoms with Crippen molar-refractivity contribution in [2.45, 2.75) is 19.6 Å². The number of ether oxygens (including phenoxy) is 2. The molecule has 0 saturated carbocycles. The van der Waals surface area contributed by atoms with Gasteiger partial charge < -0.3 is 14.6 Å². The summed E-state index contributed by atoms with van der Waals surface area (Å²) in [7, 11) is 1.52. The van der Waals surface area contributed by atoms with Gasteiger partial charge in [0.15, 0.2) is 11.5 Å². The van der Waals surface area contributed by atoms with Crippen LogP contribution in [0.1, 0.15) is 18.1 Å². The Morgan fingerprint density at radius 1 is 1.30 bits per heavy atom. The molecule has 0 bridgehead atoms. The fraction of sp³-hybridized carbons (Fsp3) is 0.190. The molecule has 6 nitrogen and oxygen atoms in total. The molecular formula is C21H18ClNO5S2. The molecule has 2 aromatic rings. The van der Waals surface area contributed by atoms with Gasteiger partial charge in [-0.15, -0.1) is 0 Å². The van der Waals surface area contributed by atoms with E-state index in [1.807, 2.05) is 18.2 Å². The molecule has 156 valence electrons. The first-order valence-electron chi connectivity index (χ1n) is 8.86. The second kappa shape index (κ2) is 9.51. The summed E-state index contributed by atoms with van der Waals surface area (Å²) >= 11 is 12.4. The maximum atomic E-state index is 12.6. The SMILES string of the molecule is COc1cc(/C=C2\SC(=S)N([C@H](C)C(=O)O)C2=O)ccc1OCc1ccccc1Cl. The van der Waals surface area contributed by atoms with Crippen molar-refractivity contribution < 1.29 is 24.2 Å². The number of carboxylic acid groups (broad SMARTS) is 1. The van der Waals surface area contributed by atoms with Crippen molar-refractivity contribution in [1.29, 1.82) is 0 Å². The summed E-state index contributed by atoms with van der Waals surface area (Å²) in [6.07, 6.45) is 1.65. The molecule has 1 aliphatic rings. The number of carboxylic acids is 1. The molecule has 1 aliphatic heterocycles. The fourth-order valence-corrected chi connectivity index (χ4v) is 4.35. The number of hydrogen-bond acceptors (Lipinski definition) is 6.